The maximum Gasteiger partial charge on any atom is 0.238 e. The smallest absolute Gasteiger partial charge is 0.238 e. The fourth-order valence-electron chi connectivity index (χ4n) is 5.95. The zero-order chi connectivity index (χ0) is 31.1. The second-order valence-corrected chi connectivity index (χ2v) is 14.0. The summed E-state index contributed by atoms with van der Waals surface area (Å²) in [7, 11) is 8.12. The Morgan fingerprint density at radius 1 is 0.568 bits per heavy atom. The standard InChI is InChI=1S/C36H38N4O2S2/c1-23-19-27(11-17-31(23)39-33(41)21-43-35(39)25-7-13-29(14-8-25)37(3)4)28-12-18-32(24(2)20-28)40-34(42)22-44-36(40)26-9-15-30(16-10-26)38(5)6/h7-20,35-36H,21-22H2,1-6H3. The number of rotatable bonds is 7. The molecule has 2 aliphatic heterocycles. The maximum atomic E-state index is 13.1. The van der Waals surface area contributed by atoms with Gasteiger partial charge in [0.1, 0.15) is 10.7 Å². The second kappa shape index (κ2) is 12.3. The summed E-state index contributed by atoms with van der Waals surface area (Å²) in [4.78, 5) is 34.3. The van der Waals surface area contributed by atoms with Crippen molar-refractivity contribution in [1.82, 2.24) is 0 Å². The van der Waals surface area contributed by atoms with Gasteiger partial charge in [0.25, 0.3) is 0 Å². The minimum absolute atomic E-state index is 0.0484. The van der Waals surface area contributed by atoms with Crippen molar-refractivity contribution in [1.29, 1.82) is 0 Å². The van der Waals surface area contributed by atoms with E-state index in [1.807, 2.05) is 38.0 Å². The third kappa shape index (κ3) is 5.69. The lowest BCUT2D eigenvalue weighted by atomic mass is 9.99. The molecule has 0 spiro atoms. The average Bonchev–Trinajstić information content (AvgIpc) is 3.59. The van der Waals surface area contributed by atoms with Gasteiger partial charge in [-0.15, -0.1) is 23.5 Å². The molecule has 6 nitrogen and oxygen atoms in total. The number of benzene rings is 4. The molecule has 4 aromatic rings. The Kier molecular flexibility index (Phi) is 8.40. The van der Waals surface area contributed by atoms with E-state index in [2.05, 4.69) is 109 Å². The first-order chi connectivity index (χ1) is 21.1. The van der Waals surface area contributed by atoms with Gasteiger partial charge in [-0.3, -0.25) is 19.4 Å². The fraction of sp³-hybridized carbons (Fsp3) is 0.278. The molecular weight excluding hydrogens is 585 g/mol. The Morgan fingerprint density at radius 3 is 1.25 bits per heavy atom. The Bertz CT molecular complexity index is 1580. The van der Waals surface area contributed by atoms with Crippen LogP contribution < -0.4 is 19.6 Å². The molecule has 0 bridgehead atoms. The minimum Gasteiger partial charge on any atom is -0.378 e. The van der Waals surface area contributed by atoms with Crippen LogP contribution in [-0.4, -0.2) is 51.5 Å². The highest BCUT2D eigenvalue weighted by Gasteiger charge is 2.36. The van der Waals surface area contributed by atoms with Gasteiger partial charge in [0.2, 0.25) is 11.8 Å². The van der Waals surface area contributed by atoms with Crippen molar-refractivity contribution in [3.05, 3.63) is 107 Å². The lowest BCUT2D eigenvalue weighted by Crippen LogP contribution is -2.28. The van der Waals surface area contributed by atoms with Gasteiger partial charge in [0.05, 0.1) is 11.5 Å². The molecule has 2 unspecified atom stereocenters. The number of carbonyl (C=O) groups excluding carboxylic acids is 2. The number of carbonyl (C=O) groups is 2. The Balaban J connectivity index is 1.25. The Labute approximate surface area is 269 Å². The van der Waals surface area contributed by atoms with Crippen LogP contribution in [0.25, 0.3) is 11.1 Å². The highest BCUT2D eigenvalue weighted by Crippen LogP contribution is 2.45. The van der Waals surface area contributed by atoms with Gasteiger partial charge in [-0.1, -0.05) is 36.4 Å². The van der Waals surface area contributed by atoms with Gasteiger partial charge in [-0.2, -0.15) is 0 Å². The predicted molar refractivity (Wildman–Crippen MR) is 188 cm³/mol. The van der Waals surface area contributed by atoms with Gasteiger partial charge < -0.3 is 9.80 Å². The van der Waals surface area contributed by atoms with Gasteiger partial charge in [-0.25, -0.2) is 0 Å². The van der Waals surface area contributed by atoms with Gasteiger partial charge in [-0.05, 0) is 95.8 Å². The molecule has 2 fully saturated rings. The summed E-state index contributed by atoms with van der Waals surface area (Å²) in [6.07, 6.45) is 0. The number of thioether (sulfide) groups is 2. The van der Waals surface area contributed by atoms with Crippen molar-refractivity contribution in [3.8, 4) is 11.1 Å². The van der Waals surface area contributed by atoms with Crippen LogP contribution >= 0.6 is 23.5 Å². The molecule has 0 aromatic heterocycles. The van der Waals surface area contributed by atoms with E-state index in [-0.39, 0.29) is 22.6 Å². The van der Waals surface area contributed by atoms with Crippen LogP contribution in [0, 0.1) is 13.8 Å². The van der Waals surface area contributed by atoms with Crippen LogP contribution in [0.15, 0.2) is 84.9 Å². The van der Waals surface area contributed by atoms with E-state index in [1.54, 1.807) is 23.5 Å². The molecule has 226 valence electrons. The lowest BCUT2D eigenvalue weighted by Gasteiger charge is -2.27. The van der Waals surface area contributed by atoms with Crippen LogP contribution in [0.2, 0.25) is 0 Å². The summed E-state index contributed by atoms with van der Waals surface area (Å²) in [5.41, 5.74) is 10.7. The number of hydrogen-bond donors (Lipinski definition) is 0. The summed E-state index contributed by atoms with van der Waals surface area (Å²) in [5.74, 6) is 1.20. The monoisotopic (exact) mass is 622 g/mol. The van der Waals surface area contributed by atoms with Crippen molar-refractivity contribution >= 4 is 58.1 Å². The SMILES string of the molecule is Cc1cc(-c2ccc(N3C(=O)CSC3c3ccc(N(C)C)cc3)c(C)c2)ccc1N1C(=O)CSC1c1ccc(N(C)C)cc1. The summed E-state index contributed by atoms with van der Waals surface area (Å²) in [6, 6.07) is 29.6. The molecule has 2 aliphatic rings. The lowest BCUT2D eigenvalue weighted by molar-refractivity contribution is -0.116. The minimum atomic E-state index is -0.0484. The molecule has 0 N–H and O–H groups in total. The molecule has 4 aromatic carbocycles. The highest BCUT2D eigenvalue weighted by molar-refractivity contribution is 8.01. The molecule has 0 aliphatic carbocycles. The second-order valence-electron chi connectivity index (χ2n) is 11.8. The van der Waals surface area contributed by atoms with Crippen LogP contribution in [0.3, 0.4) is 0 Å². The third-order valence-electron chi connectivity index (χ3n) is 8.37. The molecule has 2 amide bonds. The largest absolute Gasteiger partial charge is 0.378 e. The van der Waals surface area contributed by atoms with E-state index in [0.29, 0.717) is 11.5 Å². The van der Waals surface area contributed by atoms with Gasteiger partial charge in [0, 0.05) is 50.9 Å². The number of anilines is 4. The van der Waals surface area contributed by atoms with Crippen molar-refractivity contribution < 1.29 is 9.59 Å². The van der Waals surface area contributed by atoms with Crippen molar-refractivity contribution in [2.45, 2.75) is 24.6 Å². The number of amides is 2. The predicted octanol–water partition coefficient (Wildman–Crippen LogP) is 7.66. The van der Waals surface area contributed by atoms with E-state index in [4.69, 9.17) is 0 Å². The van der Waals surface area contributed by atoms with Crippen LogP contribution in [-0.2, 0) is 9.59 Å². The highest BCUT2D eigenvalue weighted by atomic mass is 32.2. The van der Waals surface area contributed by atoms with Gasteiger partial charge >= 0.3 is 0 Å². The summed E-state index contributed by atoms with van der Waals surface area (Å²) in [5, 5.41) is -0.0969. The van der Waals surface area contributed by atoms with Gasteiger partial charge in [0.15, 0.2) is 0 Å². The molecular formula is C36H38N4O2S2. The summed E-state index contributed by atoms with van der Waals surface area (Å²) >= 11 is 3.35. The zero-order valence-corrected chi connectivity index (χ0v) is 27.7. The van der Waals surface area contributed by atoms with Crippen LogP contribution in [0.5, 0.6) is 0 Å². The van der Waals surface area contributed by atoms with Crippen molar-refractivity contribution in [3.63, 3.8) is 0 Å². The van der Waals surface area contributed by atoms with Crippen molar-refractivity contribution in [2.75, 3.05) is 59.3 Å². The molecule has 0 radical (unpaired) electrons. The molecule has 2 atom stereocenters. The first-order valence-corrected chi connectivity index (χ1v) is 16.9. The Hall–Kier alpha value is -3.88. The van der Waals surface area contributed by atoms with E-state index in [9.17, 15) is 9.59 Å². The molecule has 2 heterocycles. The van der Waals surface area contributed by atoms with E-state index in [0.717, 1.165) is 56.1 Å². The van der Waals surface area contributed by atoms with Crippen LogP contribution in [0.4, 0.5) is 22.7 Å². The molecule has 6 rings (SSSR count). The quantitative estimate of drug-likeness (QED) is 0.211. The zero-order valence-electron chi connectivity index (χ0n) is 26.1. The third-order valence-corrected chi connectivity index (χ3v) is 10.8. The fourth-order valence-corrected chi connectivity index (χ4v) is 8.29. The van der Waals surface area contributed by atoms with Crippen LogP contribution in [0.1, 0.15) is 33.0 Å². The topological polar surface area (TPSA) is 47.1 Å². The summed E-state index contributed by atoms with van der Waals surface area (Å²) in [6.45, 7) is 4.16. The Morgan fingerprint density at radius 2 is 0.932 bits per heavy atom. The van der Waals surface area contributed by atoms with E-state index in [1.165, 1.54) is 0 Å². The molecule has 44 heavy (non-hydrogen) atoms. The average molecular weight is 623 g/mol. The first kappa shape index (κ1) is 30.2. The van der Waals surface area contributed by atoms with E-state index >= 15 is 0 Å². The summed E-state index contributed by atoms with van der Waals surface area (Å²) < 4.78 is 0. The van der Waals surface area contributed by atoms with E-state index < -0.39 is 0 Å². The molecule has 2 saturated heterocycles. The van der Waals surface area contributed by atoms with Crippen molar-refractivity contribution in [2.24, 2.45) is 0 Å². The maximum absolute atomic E-state index is 13.1. The molecule has 8 heteroatoms. The normalized spacial score (nSPS) is 18.3. The molecule has 0 saturated carbocycles. The number of aryl methyl sites for hydroxylation is 2. The number of nitrogens with zero attached hydrogens (tertiary/aromatic N) is 4. The first-order valence-electron chi connectivity index (χ1n) is 14.8. The number of hydrogen-bond acceptors (Lipinski definition) is 6.